The molecular weight excluding hydrogens is 236 g/mol. The minimum atomic E-state index is -0.973. The van der Waals surface area contributed by atoms with Gasteiger partial charge in [-0.3, -0.25) is 14.5 Å². The molecule has 1 aromatic rings. The number of Topliss-reactive ketones (excluding diaryl/α,β-unsaturated/α-hetero) is 1. The quantitative estimate of drug-likeness (QED) is 0.565. The lowest BCUT2D eigenvalue weighted by Gasteiger charge is -2.13. The molecule has 6 heteroatoms. The molecule has 0 atom stereocenters. The first-order valence-electron chi connectivity index (χ1n) is 5.31. The van der Waals surface area contributed by atoms with Gasteiger partial charge in [0, 0.05) is 5.56 Å². The van der Waals surface area contributed by atoms with Crippen molar-refractivity contribution >= 4 is 17.4 Å². The van der Waals surface area contributed by atoms with Crippen LogP contribution < -0.4 is 10.5 Å². The fraction of sp³-hybridized carbons (Fsp3) is 0.333. The number of carboxylic acids is 1. The van der Waals surface area contributed by atoms with E-state index in [-0.39, 0.29) is 18.9 Å². The molecule has 0 aliphatic carbocycles. The highest BCUT2D eigenvalue weighted by Crippen LogP contribution is 2.22. The highest BCUT2D eigenvalue weighted by atomic mass is 16.5. The number of likely N-dealkylation sites (N-methyl/N-ethyl adjacent to an activating group) is 1. The summed E-state index contributed by atoms with van der Waals surface area (Å²) < 4.78 is 4.99. The van der Waals surface area contributed by atoms with Gasteiger partial charge >= 0.3 is 5.97 Å². The second-order valence-electron chi connectivity index (χ2n) is 3.95. The van der Waals surface area contributed by atoms with Crippen LogP contribution in [0.1, 0.15) is 10.4 Å². The number of carbonyl (C=O) groups is 2. The summed E-state index contributed by atoms with van der Waals surface area (Å²) >= 11 is 0. The van der Waals surface area contributed by atoms with Gasteiger partial charge in [-0.1, -0.05) is 0 Å². The molecule has 6 nitrogen and oxygen atoms in total. The number of nitrogens with zero attached hydrogens (tertiary/aromatic N) is 1. The van der Waals surface area contributed by atoms with Crippen molar-refractivity contribution in [1.82, 2.24) is 4.90 Å². The summed E-state index contributed by atoms with van der Waals surface area (Å²) in [6.45, 7) is -0.157. The van der Waals surface area contributed by atoms with E-state index < -0.39 is 5.97 Å². The van der Waals surface area contributed by atoms with E-state index in [1.807, 2.05) is 0 Å². The number of ketones is 1. The number of hydrogen-bond donors (Lipinski definition) is 2. The summed E-state index contributed by atoms with van der Waals surface area (Å²) in [5.41, 5.74) is 6.51. The largest absolute Gasteiger partial charge is 0.495 e. The lowest BCUT2D eigenvalue weighted by molar-refractivity contribution is -0.137. The van der Waals surface area contributed by atoms with Crippen LogP contribution in [0.5, 0.6) is 5.75 Å². The molecule has 0 saturated heterocycles. The maximum atomic E-state index is 11.9. The maximum Gasteiger partial charge on any atom is 0.317 e. The standard InChI is InChI=1S/C12H16N2O4/c1-14(7-12(16)17)6-10(15)8-3-4-11(18-2)9(13)5-8/h3-5H,6-7,13H2,1-2H3,(H,16,17). The van der Waals surface area contributed by atoms with E-state index in [2.05, 4.69) is 0 Å². The minimum Gasteiger partial charge on any atom is -0.495 e. The molecule has 18 heavy (non-hydrogen) atoms. The molecular formula is C12H16N2O4. The molecule has 0 unspecified atom stereocenters. The summed E-state index contributed by atoms with van der Waals surface area (Å²) in [7, 11) is 3.06. The summed E-state index contributed by atoms with van der Waals surface area (Å²) in [6.07, 6.45) is 0. The molecule has 98 valence electrons. The van der Waals surface area contributed by atoms with Crippen molar-refractivity contribution in [2.24, 2.45) is 0 Å². The number of anilines is 1. The monoisotopic (exact) mass is 252 g/mol. The number of carboxylic acid groups (broad SMARTS) is 1. The zero-order chi connectivity index (χ0) is 13.7. The van der Waals surface area contributed by atoms with E-state index in [1.54, 1.807) is 19.2 Å². The maximum absolute atomic E-state index is 11.9. The van der Waals surface area contributed by atoms with Crippen LogP contribution in [-0.4, -0.2) is 49.0 Å². The highest BCUT2D eigenvalue weighted by molar-refractivity contribution is 5.98. The van der Waals surface area contributed by atoms with Crippen molar-refractivity contribution in [2.45, 2.75) is 0 Å². The van der Waals surface area contributed by atoms with Gasteiger partial charge < -0.3 is 15.6 Å². The van der Waals surface area contributed by atoms with Gasteiger partial charge in [-0.05, 0) is 25.2 Å². The number of carbonyl (C=O) groups excluding carboxylic acids is 1. The second-order valence-corrected chi connectivity index (χ2v) is 3.95. The first kappa shape index (κ1) is 14.0. The molecule has 0 spiro atoms. The Morgan fingerprint density at radius 1 is 1.39 bits per heavy atom. The van der Waals surface area contributed by atoms with E-state index in [4.69, 9.17) is 15.6 Å². The fourth-order valence-electron chi connectivity index (χ4n) is 1.53. The van der Waals surface area contributed by atoms with Crippen LogP contribution in [0.4, 0.5) is 5.69 Å². The average Bonchev–Trinajstić information content (AvgIpc) is 2.27. The van der Waals surface area contributed by atoms with Gasteiger partial charge in [0.2, 0.25) is 0 Å². The van der Waals surface area contributed by atoms with Crippen molar-refractivity contribution in [3.05, 3.63) is 23.8 Å². The van der Waals surface area contributed by atoms with Crippen LogP contribution in [0.25, 0.3) is 0 Å². The molecule has 0 amide bonds. The summed E-state index contributed by atoms with van der Waals surface area (Å²) in [4.78, 5) is 23.8. The number of methoxy groups -OCH3 is 1. The molecule has 0 aliphatic heterocycles. The number of ether oxygens (including phenoxy) is 1. The van der Waals surface area contributed by atoms with E-state index in [1.165, 1.54) is 18.1 Å². The molecule has 1 aromatic carbocycles. The predicted octanol–water partition coefficient (Wildman–Crippen LogP) is 0.476. The van der Waals surface area contributed by atoms with Gasteiger partial charge in [0.1, 0.15) is 5.75 Å². The first-order valence-corrected chi connectivity index (χ1v) is 5.31. The molecule has 0 saturated carbocycles. The van der Waals surface area contributed by atoms with E-state index in [0.717, 1.165) is 0 Å². The molecule has 1 rings (SSSR count). The van der Waals surface area contributed by atoms with Gasteiger partial charge in [-0.15, -0.1) is 0 Å². The Bertz CT molecular complexity index is 459. The number of nitrogen functional groups attached to an aromatic ring is 1. The van der Waals surface area contributed by atoms with Crippen molar-refractivity contribution in [2.75, 3.05) is 33.0 Å². The number of benzene rings is 1. The molecule has 0 aromatic heterocycles. The predicted molar refractivity (Wildman–Crippen MR) is 66.9 cm³/mol. The zero-order valence-corrected chi connectivity index (χ0v) is 10.3. The van der Waals surface area contributed by atoms with Gasteiger partial charge in [-0.25, -0.2) is 0 Å². The second kappa shape index (κ2) is 6.02. The normalized spacial score (nSPS) is 10.4. The van der Waals surface area contributed by atoms with E-state index >= 15 is 0 Å². The molecule has 0 heterocycles. The Kier molecular flexibility index (Phi) is 4.67. The van der Waals surface area contributed by atoms with Crippen LogP contribution in [0.3, 0.4) is 0 Å². The van der Waals surface area contributed by atoms with Crippen LogP contribution in [-0.2, 0) is 4.79 Å². The lowest BCUT2D eigenvalue weighted by atomic mass is 10.1. The van der Waals surface area contributed by atoms with Crippen molar-refractivity contribution in [3.63, 3.8) is 0 Å². The molecule has 0 aliphatic rings. The Hall–Kier alpha value is -2.08. The van der Waals surface area contributed by atoms with Crippen molar-refractivity contribution in [3.8, 4) is 5.75 Å². The van der Waals surface area contributed by atoms with Crippen molar-refractivity contribution in [1.29, 1.82) is 0 Å². The highest BCUT2D eigenvalue weighted by Gasteiger charge is 2.13. The minimum absolute atomic E-state index is 0.0259. The van der Waals surface area contributed by atoms with Crippen LogP contribution in [0.15, 0.2) is 18.2 Å². The van der Waals surface area contributed by atoms with Gasteiger partial charge in [0.05, 0.1) is 25.9 Å². The molecule has 3 N–H and O–H groups in total. The Balaban J connectivity index is 2.72. The number of aliphatic carboxylic acids is 1. The number of hydrogen-bond acceptors (Lipinski definition) is 5. The molecule has 0 bridgehead atoms. The lowest BCUT2D eigenvalue weighted by Crippen LogP contribution is -2.31. The topological polar surface area (TPSA) is 92.9 Å². The smallest absolute Gasteiger partial charge is 0.317 e. The zero-order valence-electron chi connectivity index (χ0n) is 10.3. The van der Waals surface area contributed by atoms with E-state index in [0.29, 0.717) is 17.0 Å². The van der Waals surface area contributed by atoms with Gasteiger partial charge in [0.15, 0.2) is 5.78 Å². The van der Waals surface area contributed by atoms with Gasteiger partial charge in [0.25, 0.3) is 0 Å². The average molecular weight is 252 g/mol. The fourth-order valence-corrected chi connectivity index (χ4v) is 1.53. The third kappa shape index (κ3) is 3.74. The SMILES string of the molecule is COc1ccc(C(=O)CN(C)CC(=O)O)cc1N. The van der Waals surface area contributed by atoms with Gasteiger partial charge in [-0.2, -0.15) is 0 Å². The van der Waals surface area contributed by atoms with Crippen LogP contribution >= 0.6 is 0 Å². The summed E-state index contributed by atoms with van der Waals surface area (Å²) in [5, 5.41) is 8.59. The number of nitrogens with two attached hydrogens (primary N) is 1. The van der Waals surface area contributed by atoms with Crippen LogP contribution in [0.2, 0.25) is 0 Å². The third-order valence-corrected chi connectivity index (χ3v) is 2.37. The Morgan fingerprint density at radius 3 is 2.56 bits per heavy atom. The summed E-state index contributed by atoms with van der Waals surface area (Å²) in [5.74, 6) is -0.655. The Labute approximate surface area is 105 Å². The van der Waals surface area contributed by atoms with E-state index in [9.17, 15) is 9.59 Å². The third-order valence-electron chi connectivity index (χ3n) is 2.37. The molecule has 0 fully saturated rings. The summed E-state index contributed by atoms with van der Waals surface area (Å²) in [6, 6.07) is 4.74. The number of rotatable bonds is 6. The van der Waals surface area contributed by atoms with Crippen molar-refractivity contribution < 1.29 is 19.4 Å². The Morgan fingerprint density at radius 2 is 2.06 bits per heavy atom. The molecule has 0 radical (unpaired) electrons. The first-order chi connectivity index (χ1) is 8.43. The van der Waals surface area contributed by atoms with Crippen LogP contribution in [0, 0.1) is 0 Å².